The molecule has 144 valence electrons. The van der Waals surface area contributed by atoms with Gasteiger partial charge in [-0.2, -0.15) is 5.10 Å². The molecule has 3 aromatic rings. The van der Waals surface area contributed by atoms with Gasteiger partial charge in [-0.15, -0.1) is 11.3 Å². The second kappa shape index (κ2) is 9.61. The molecule has 0 saturated carbocycles. The molecular weight excluding hydrogens is 376 g/mol. The third-order valence-electron chi connectivity index (χ3n) is 3.90. The Bertz CT molecular complexity index is 937. The van der Waals surface area contributed by atoms with Gasteiger partial charge in [0.05, 0.1) is 23.4 Å². The molecule has 3 rings (SSSR count). The Morgan fingerprint density at radius 1 is 1.21 bits per heavy atom. The van der Waals surface area contributed by atoms with Crippen molar-refractivity contribution in [3.05, 3.63) is 69.6 Å². The number of non-ortho nitro benzene ring substituents is 1. The normalized spacial score (nSPS) is 10.9. The van der Waals surface area contributed by atoms with E-state index >= 15 is 0 Å². The molecule has 0 atom stereocenters. The van der Waals surface area contributed by atoms with Crippen LogP contribution in [0.2, 0.25) is 0 Å². The smallest absolute Gasteiger partial charge is 0.269 e. The molecule has 1 heterocycles. The summed E-state index contributed by atoms with van der Waals surface area (Å²) in [6.07, 6.45) is 3.87. The minimum atomic E-state index is -0.420. The van der Waals surface area contributed by atoms with Crippen molar-refractivity contribution in [1.82, 2.24) is 4.98 Å². The second-order valence-electron chi connectivity index (χ2n) is 5.98. The maximum absolute atomic E-state index is 10.7. The summed E-state index contributed by atoms with van der Waals surface area (Å²) < 4.78 is 5.63. The quantitative estimate of drug-likeness (QED) is 0.228. The molecule has 8 heteroatoms. The fourth-order valence-electron chi connectivity index (χ4n) is 2.36. The molecule has 7 nitrogen and oxygen atoms in total. The average Bonchev–Trinajstić information content (AvgIpc) is 3.18. The lowest BCUT2D eigenvalue weighted by molar-refractivity contribution is -0.384. The fourth-order valence-corrected chi connectivity index (χ4v) is 3.03. The van der Waals surface area contributed by atoms with Crippen LogP contribution in [0.1, 0.15) is 25.3 Å². The van der Waals surface area contributed by atoms with Crippen molar-refractivity contribution in [3.63, 3.8) is 0 Å². The summed E-state index contributed by atoms with van der Waals surface area (Å²) in [5.74, 6) is 0.853. The van der Waals surface area contributed by atoms with Gasteiger partial charge in [-0.1, -0.05) is 13.3 Å². The third-order valence-corrected chi connectivity index (χ3v) is 4.65. The number of hydrogen-bond donors (Lipinski definition) is 1. The van der Waals surface area contributed by atoms with E-state index < -0.39 is 4.92 Å². The first kappa shape index (κ1) is 19.5. The van der Waals surface area contributed by atoms with E-state index in [4.69, 9.17) is 4.74 Å². The summed E-state index contributed by atoms with van der Waals surface area (Å²) in [6.45, 7) is 2.86. The Morgan fingerprint density at radius 2 is 1.96 bits per heavy atom. The van der Waals surface area contributed by atoms with Crippen LogP contribution in [0, 0.1) is 10.1 Å². The van der Waals surface area contributed by atoms with Gasteiger partial charge in [0.2, 0.25) is 5.13 Å². The summed E-state index contributed by atoms with van der Waals surface area (Å²) in [5, 5.41) is 17.4. The van der Waals surface area contributed by atoms with Gasteiger partial charge in [0.15, 0.2) is 0 Å². The van der Waals surface area contributed by atoms with Crippen molar-refractivity contribution in [2.75, 3.05) is 12.0 Å². The van der Waals surface area contributed by atoms with Gasteiger partial charge in [0, 0.05) is 23.1 Å². The number of nitro groups is 1. The fraction of sp³-hybridized carbons (Fsp3) is 0.200. The van der Waals surface area contributed by atoms with Gasteiger partial charge in [0.25, 0.3) is 5.69 Å². The molecule has 0 spiro atoms. The highest BCUT2D eigenvalue weighted by molar-refractivity contribution is 7.14. The first-order chi connectivity index (χ1) is 13.7. The molecule has 28 heavy (non-hydrogen) atoms. The molecule has 0 bridgehead atoms. The van der Waals surface area contributed by atoms with E-state index in [2.05, 4.69) is 22.4 Å². The standard InChI is InChI=1S/C20H20N4O3S/c1-2-3-12-27-18-10-4-15(5-11-18)13-21-23-20-22-19(14-28-20)16-6-8-17(9-7-16)24(25)26/h4-11,13-14H,2-3,12H2,1H3,(H,22,23)/b21-13+. The van der Waals surface area contributed by atoms with Crippen molar-refractivity contribution in [2.24, 2.45) is 5.10 Å². The number of anilines is 1. The first-order valence-electron chi connectivity index (χ1n) is 8.88. The van der Waals surface area contributed by atoms with E-state index in [-0.39, 0.29) is 5.69 Å². The highest BCUT2D eigenvalue weighted by Gasteiger charge is 2.08. The highest BCUT2D eigenvalue weighted by Crippen LogP contribution is 2.26. The number of ether oxygens (including phenoxy) is 1. The van der Waals surface area contributed by atoms with Crippen molar-refractivity contribution in [1.29, 1.82) is 0 Å². The van der Waals surface area contributed by atoms with Crippen LogP contribution in [0.15, 0.2) is 59.0 Å². The number of thiazole rings is 1. The molecule has 0 aliphatic carbocycles. The molecule has 0 amide bonds. The molecule has 2 aromatic carbocycles. The van der Waals surface area contributed by atoms with Crippen molar-refractivity contribution in [2.45, 2.75) is 19.8 Å². The van der Waals surface area contributed by atoms with E-state index in [1.807, 2.05) is 29.6 Å². The molecule has 0 fully saturated rings. The topological polar surface area (TPSA) is 89.7 Å². The van der Waals surface area contributed by atoms with Gasteiger partial charge in [-0.05, 0) is 48.4 Å². The van der Waals surface area contributed by atoms with Gasteiger partial charge >= 0.3 is 0 Å². The lowest BCUT2D eigenvalue weighted by atomic mass is 10.1. The molecule has 0 radical (unpaired) electrons. The van der Waals surface area contributed by atoms with E-state index in [9.17, 15) is 10.1 Å². The molecule has 0 aliphatic rings. The number of nitrogens with zero attached hydrogens (tertiary/aromatic N) is 3. The SMILES string of the molecule is CCCCOc1ccc(/C=N/Nc2nc(-c3ccc([N+](=O)[O-])cc3)cs2)cc1. The number of aromatic nitrogens is 1. The monoisotopic (exact) mass is 396 g/mol. The van der Waals surface area contributed by atoms with Crippen molar-refractivity contribution < 1.29 is 9.66 Å². The number of benzene rings is 2. The van der Waals surface area contributed by atoms with Crippen LogP contribution in [0.25, 0.3) is 11.3 Å². The first-order valence-corrected chi connectivity index (χ1v) is 9.76. The lowest BCUT2D eigenvalue weighted by Gasteiger charge is -2.04. The maximum Gasteiger partial charge on any atom is 0.269 e. The van der Waals surface area contributed by atoms with Crippen LogP contribution >= 0.6 is 11.3 Å². The van der Waals surface area contributed by atoms with Crippen LogP contribution in [0.5, 0.6) is 5.75 Å². The molecule has 1 N–H and O–H groups in total. The van der Waals surface area contributed by atoms with Crippen LogP contribution < -0.4 is 10.2 Å². The lowest BCUT2D eigenvalue weighted by Crippen LogP contribution is -1.96. The van der Waals surface area contributed by atoms with Gasteiger partial charge in [-0.25, -0.2) is 4.98 Å². The summed E-state index contributed by atoms with van der Waals surface area (Å²) in [4.78, 5) is 14.8. The van der Waals surface area contributed by atoms with Crippen LogP contribution in [0.3, 0.4) is 0 Å². The van der Waals surface area contributed by atoms with Crippen LogP contribution in [-0.2, 0) is 0 Å². The summed E-state index contributed by atoms with van der Waals surface area (Å²) in [6, 6.07) is 14.0. The molecule has 0 aliphatic heterocycles. The van der Waals surface area contributed by atoms with Crippen molar-refractivity contribution >= 4 is 28.4 Å². The Balaban J connectivity index is 1.55. The third kappa shape index (κ3) is 5.37. The summed E-state index contributed by atoms with van der Waals surface area (Å²) in [5.41, 5.74) is 5.47. The number of nitrogens with one attached hydrogen (secondary N) is 1. The van der Waals surface area contributed by atoms with E-state index in [0.717, 1.165) is 42.0 Å². The summed E-state index contributed by atoms with van der Waals surface area (Å²) in [7, 11) is 0. The average molecular weight is 396 g/mol. The number of rotatable bonds is 9. The molecule has 0 unspecified atom stereocenters. The van der Waals surface area contributed by atoms with E-state index in [0.29, 0.717) is 5.13 Å². The number of hydrogen-bond acceptors (Lipinski definition) is 7. The van der Waals surface area contributed by atoms with Crippen LogP contribution in [-0.4, -0.2) is 22.7 Å². The largest absolute Gasteiger partial charge is 0.494 e. The number of hydrazone groups is 1. The van der Waals surface area contributed by atoms with Gasteiger partial charge in [0.1, 0.15) is 5.75 Å². The highest BCUT2D eigenvalue weighted by atomic mass is 32.1. The zero-order chi connectivity index (χ0) is 19.8. The number of nitro benzene ring substituents is 1. The molecule has 1 aromatic heterocycles. The minimum absolute atomic E-state index is 0.0590. The minimum Gasteiger partial charge on any atom is -0.494 e. The van der Waals surface area contributed by atoms with Gasteiger partial charge < -0.3 is 4.74 Å². The zero-order valence-corrected chi connectivity index (χ0v) is 16.2. The van der Waals surface area contributed by atoms with Crippen LogP contribution in [0.4, 0.5) is 10.8 Å². The second-order valence-corrected chi connectivity index (χ2v) is 6.84. The van der Waals surface area contributed by atoms with Gasteiger partial charge in [-0.3, -0.25) is 15.5 Å². The Morgan fingerprint density at radius 3 is 2.64 bits per heavy atom. The Labute approximate surface area is 166 Å². The zero-order valence-electron chi connectivity index (χ0n) is 15.4. The Kier molecular flexibility index (Phi) is 6.69. The van der Waals surface area contributed by atoms with E-state index in [1.165, 1.54) is 23.5 Å². The molecular formula is C20H20N4O3S. The number of unbranched alkanes of at least 4 members (excludes halogenated alkanes) is 1. The maximum atomic E-state index is 10.7. The Hall–Kier alpha value is -3.26. The predicted molar refractivity (Wildman–Crippen MR) is 112 cm³/mol. The predicted octanol–water partition coefficient (Wildman–Crippen LogP) is 5.34. The van der Waals surface area contributed by atoms with Crippen molar-refractivity contribution in [3.8, 4) is 17.0 Å². The summed E-state index contributed by atoms with van der Waals surface area (Å²) >= 11 is 1.41. The molecule has 0 saturated heterocycles. The van der Waals surface area contributed by atoms with E-state index in [1.54, 1.807) is 18.3 Å².